The van der Waals surface area contributed by atoms with Gasteiger partial charge in [0.1, 0.15) is 11.5 Å². The van der Waals surface area contributed by atoms with E-state index >= 15 is 0 Å². The highest BCUT2D eigenvalue weighted by molar-refractivity contribution is 5.58. The van der Waals surface area contributed by atoms with Gasteiger partial charge in [0.25, 0.3) is 0 Å². The summed E-state index contributed by atoms with van der Waals surface area (Å²) in [5.41, 5.74) is 0.348. The van der Waals surface area contributed by atoms with Crippen LogP contribution in [0.2, 0.25) is 0 Å². The molecule has 0 saturated heterocycles. The largest absolute Gasteiger partial charge is 0.507 e. The molecule has 0 atom stereocenters. The fraction of sp³-hybridized carbons (Fsp3) is 0.111. The lowest BCUT2D eigenvalue weighted by molar-refractivity contribution is -0.400. The second-order valence-corrected chi connectivity index (χ2v) is 2.53. The monoisotopic (exact) mass is 195 g/mol. The molecular weight excluding hydrogens is 186 g/mol. The zero-order valence-electron chi connectivity index (χ0n) is 7.51. The van der Waals surface area contributed by atoms with Gasteiger partial charge in [0.15, 0.2) is 0 Å². The lowest BCUT2D eigenvalue weighted by Crippen LogP contribution is -1.85. The second-order valence-electron chi connectivity index (χ2n) is 2.53. The first-order chi connectivity index (χ1) is 6.63. The van der Waals surface area contributed by atoms with Crippen molar-refractivity contribution in [1.82, 2.24) is 0 Å². The number of hydrogen-bond donors (Lipinski definition) is 1. The Hall–Kier alpha value is -2.04. The van der Waals surface area contributed by atoms with Crippen LogP contribution in [0.4, 0.5) is 0 Å². The molecule has 0 amide bonds. The van der Waals surface area contributed by atoms with Gasteiger partial charge < -0.3 is 9.84 Å². The van der Waals surface area contributed by atoms with Crippen molar-refractivity contribution < 1.29 is 14.8 Å². The molecule has 14 heavy (non-hydrogen) atoms. The van der Waals surface area contributed by atoms with Crippen LogP contribution in [0.1, 0.15) is 5.56 Å². The maximum atomic E-state index is 10.0. The average Bonchev–Trinajstić information content (AvgIpc) is 2.16. The van der Waals surface area contributed by atoms with Crippen LogP contribution in [0, 0.1) is 10.1 Å². The first-order valence-electron chi connectivity index (χ1n) is 3.82. The van der Waals surface area contributed by atoms with Crippen molar-refractivity contribution in [2.24, 2.45) is 0 Å². The van der Waals surface area contributed by atoms with Gasteiger partial charge >= 0.3 is 0 Å². The lowest BCUT2D eigenvalue weighted by Gasteiger charge is -2.01. The molecule has 0 aliphatic carbocycles. The SMILES string of the molecule is COc1ccc(O)c(C=C[N+](=O)[O-])c1. The van der Waals surface area contributed by atoms with E-state index in [1.165, 1.54) is 25.3 Å². The minimum Gasteiger partial charge on any atom is -0.507 e. The van der Waals surface area contributed by atoms with Gasteiger partial charge in [-0.3, -0.25) is 10.1 Å². The van der Waals surface area contributed by atoms with Crippen LogP contribution in [0.5, 0.6) is 11.5 Å². The van der Waals surface area contributed by atoms with Gasteiger partial charge in [-0.15, -0.1) is 0 Å². The number of phenols is 1. The molecule has 1 N–H and O–H groups in total. The highest BCUT2D eigenvalue weighted by Gasteiger charge is 2.00. The van der Waals surface area contributed by atoms with E-state index in [1.54, 1.807) is 6.07 Å². The fourth-order valence-electron chi connectivity index (χ4n) is 0.934. The van der Waals surface area contributed by atoms with E-state index in [4.69, 9.17) is 4.74 Å². The molecule has 0 aliphatic heterocycles. The predicted molar refractivity (Wildman–Crippen MR) is 50.7 cm³/mol. The molecule has 0 radical (unpaired) electrons. The van der Waals surface area contributed by atoms with Crippen molar-refractivity contribution in [2.45, 2.75) is 0 Å². The third kappa shape index (κ3) is 2.48. The van der Waals surface area contributed by atoms with Crippen molar-refractivity contribution in [2.75, 3.05) is 7.11 Å². The minimum atomic E-state index is -0.598. The van der Waals surface area contributed by atoms with E-state index in [1.807, 2.05) is 0 Å². The highest BCUT2D eigenvalue weighted by Crippen LogP contribution is 2.23. The normalized spacial score (nSPS) is 10.4. The van der Waals surface area contributed by atoms with Gasteiger partial charge in [-0.2, -0.15) is 0 Å². The third-order valence-corrected chi connectivity index (χ3v) is 1.61. The molecule has 1 aromatic rings. The summed E-state index contributed by atoms with van der Waals surface area (Å²) in [6.07, 6.45) is 1.96. The average molecular weight is 195 g/mol. The Morgan fingerprint density at radius 3 is 2.86 bits per heavy atom. The van der Waals surface area contributed by atoms with E-state index < -0.39 is 4.92 Å². The maximum absolute atomic E-state index is 10.0. The predicted octanol–water partition coefficient (Wildman–Crippen LogP) is 1.65. The van der Waals surface area contributed by atoms with Gasteiger partial charge in [-0.25, -0.2) is 0 Å². The molecule has 0 spiro atoms. The topological polar surface area (TPSA) is 72.6 Å². The Kier molecular flexibility index (Phi) is 3.06. The zero-order valence-corrected chi connectivity index (χ0v) is 7.51. The van der Waals surface area contributed by atoms with Crippen LogP contribution in [-0.2, 0) is 0 Å². The second kappa shape index (κ2) is 4.27. The van der Waals surface area contributed by atoms with Gasteiger partial charge in [-0.1, -0.05) is 0 Å². The molecule has 5 nitrogen and oxygen atoms in total. The van der Waals surface area contributed by atoms with E-state index in [2.05, 4.69) is 0 Å². The first-order valence-corrected chi connectivity index (χ1v) is 3.82. The van der Waals surface area contributed by atoms with Crippen LogP contribution in [0.25, 0.3) is 6.08 Å². The van der Waals surface area contributed by atoms with Crippen molar-refractivity contribution in [3.63, 3.8) is 0 Å². The van der Waals surface area contributed by atoms with Crippen molar-refractivity contribution in [3.05, 3.63) is 40.1 Å². The third-order valence-electron chi connectivity index (χ3n) is 1.61. The summed E-state index contributed by atoms with van der Waals surface area (Å²) in [6.45, 7) is 0. The Bertz CT molecular complexity index is 373. The molecule has 0 heterocycles. The lowest BCUT2D eigenvalue weighted by atomic mass is 10.2. The molecule has 0 aliphatic rings. The number of benzene rings is 1. The summed E-state index contributed by atoms with van der Waals surface area (Å²) in [4.78, 5) is 9.45. The summed E-state index contributed by atoms with van der Waals surface area (Å²) in [7, 11) is 1.48. The highest BCUT2D eigenvalue weighted by atomic mass is 16.6. The smallest absolute Gasteiger partial charge is 0.235 e. The maximum Gasteiger partial charge on any atom is 0.235 e. The molecule has 1 rings (SSSR count). The standard InChI is InChI=1S/C9H9NO4/c1-14-8-2-3-9(11)7(6-8)4-5-10(12)13/h2-6,11H,1H3. The number of methoxy groups -OCH3 is 1. The van der Waals surface area contributed by atoms with Crippen LogP contribution in [0.15, 0.2) is 24.4 Å². The number of rotatable bonds is 3. The number of phenolic OH excluding ortho intramolecular Hbond substituents is 1. The van der Waals surface area contributed by atoms with Crippen molar-refractivity contribution in [1.29, 1.82) is 0 Å². The summed E-state index contributed by atoms with van der Waals surface area (Å²) < 4.78 is 4.90. The number of ether oxygens (including phenoxy) is 1. The summed E-state index contributed by atoms with van der Waals surface area (Å²) >= 11 is 0. The number of aromatic hydroxyl groups is 1. The Morgan fingerprint density at radius 1 is 1.57 bits per heavy atom. The van der Waals surface area contributed by atoms with Crippen molar-refractivity contribution >= 4 is 6.08 Å². The fourth-order valence-corrected chi connectivity index (χ4v) is 0.934. The molecule has 0 fully saturated rings. The van der Waals surface area contributed by atoms with Gasteiger partial charge in [0.05, 0.1) is 12.0 Å². The van der Waals surface area contributed by atoms with Gasteiger partial charge in [-0.05, 0) is 18.2 Å². The van der Waals surface area contributed by atoms with Crippen LogP contribution < -0.4 is 4.74 Å². The zero-order chi connectivity index (χ0) is 10.6. The quantitative estimate of drug-likeness (QED) is 0.587. The van der Waals surface area contributed by atoms with E-state index in [0.29, 0.717) is 11.3 Å². The number of nitrogens with zero attached hydrogens (tertiary/aromatic N) is 1. The number of nitro groups is 1. The van der Waals surface area contributed by atoms with E-state index in [9.17, 15) is 15.2 Å². The molecule has 0 aromatic heterocycles. The summed E-state index contributed by atoms with van der Waals surface area (Å²) in [6, 6.07) is 4.49. The van der Waals surface area contributed by atoms with Gasteiger partial charge in [0, 0.05) is 11.6 Å². The Morgan fingerprint density at radius 2 is 2.29 bits per heavy atom. The summed E-state index contributed by atoms with van der Waals surface area (Å²) in [5, 5.41) is 19.4. The van der Waals surface area contributed by atoms with E-state index in [0.717, 1.165) is 6.20 Å². The molecule has 0 saturated carbocycles. The molecule has 0 bridgehead atoms. The molecule has 74 valence electrons. The number of hydrogen-bond acceptors (Lipinski definition) is 4. The Balaban J connectivity index is 3.00. The Labute approximate surface area is 80.4 Å². The molecule has 1 aromatic carbocycles. The van der Waals surface area contributed by atoms with E-state index in [-0.39, 0.29) is 5.75 Å². The summed E-state index contributed by atoms with van der Waals surface area (Å²) in [5.74, 6) is 0.509. The molecule has 5 heteroatoms. The van der Waals surface area contributed by atoms with Crippen LogP contribution >= 0.6 is 0 Å². The first kappa shape index (κ1) is 10.0. The van der Waals surface area contributed by atoms with Crippen LogP contribution in [0.3, 0.4) is 0 Å². The minimum absolute atomic E-state index is 0.0242. The van der Waals surface area contributed by atoms with Crippen molar-refractivity contribution in [3.8, 4) is 11.5 Å². The molecule has 0 unspecified atom stereocenters. The van der Waals surface area contributed by atoms with Gasteiger partial charge in [0.2, 0.25) is 6.20 Å². The van der Waals surface area contributed by atoms with Crippen LogP contribution in [-0.4, -0.2) is 17.1 Å². The molecular formula is C9H9NO4.